The van der Waals surface area contributed by atoms with Gasteiger partial charge in [-0.1, -0.05) is 18.5 Å². The van der Waals surface area contributed by atoms with Gasteiger partial charge in [0.15, 0.2) is 0 Å². The lowest BCUT2D eigenvalue weighted by atomic mass is 9.64. The Balaban J connectivity index is 1.54. The van der Waals surface area contributed by atoms with Crippen molar-refractivity contribution >= 4 is 29.3 Å². The van der Waals surface area contributed by atoms with Crippen molar-refractivity contribution in [1.29, 1.82) is 5.26 Å². The molecule has 2 heterocycles. The zero-order valence-electron chi connectivity index (χ0n) is 15.1. The first-order valence-corrected chi connectivity index (χ1v) is 9.76. The van der Waals surface area contributed by atoms with Crippen LogP contribution in [-0.2, 0) is 4.79 Å². The summed E-state index contributed by atoms with van der Waals surface area (Å²) >= 11 is 6.31. The van der Waals surface area contributed by atoms with E-state index >= 15 is 0 Å². The van der Waals surface area contributed by atoms with E-state index in [0.717, 1.165) is 24.8 Å². The van der Waals surface area contributed by atoms with Crippen LogP contribution in [0.4, 0.5) is 10.5 Å². The Kier molecular flexibility index (Phi) is 4.31. The molecule has 5 unspecified atom stereocenters. The number of nitrogens with zero attached hydrogens (tertiary/aromatic N) is 2. The molecule has 2 aliphatic carbocycles. The van der Waals surface area contributed by atoms with Gasteiger partial charge in [0.05, 0.1) is 12.0 Å². The van der Waals surface area contributed by atoms with Gasteiger partial charge in [0.2, 0.25) is 0 Å². The van der Waals surface area contributed by atoms with Crippen molar-refractivity contribution in [2.75, 3.05) is 5.32 Å². The van der Waals surface area contributed by atoms with Crippen LogP contribution in [-0.4, -0.2) is 33.6 Å². The van der Waals surface area contributed by atoms with E-state index in [1.165, 1.54) is 4.90 Å². The minimum absolute atomic E-state index is 0.0220. The van der Waals surface area contributed by atoms with Crippen molar-refractivity contribution in [3.63, 3.8) is 0 Å². The molecule has 1 aromatic rings. The number of fused-ring (bicyclic) bond motifs is 2. The van der Waals surface area contributed by atoms with Crippen molar-refractivity contribution in [2.45, 2.75) is 56.5 Å². The number of carbonyl (C=O) groups excluding carboxylic acids is 1. The number of nitrogens with one attached hydrogen (secondary N) is 1. The summed E-state index contributed by atoms with van der Waals surface area (Å²) in [6.45, 7) is 2.04. The minimum Gasteiger partial charge on any atom is -0.479 e. The molecule has 0 radical (unpaired) electrons. The van der Waals surface area contributed by atoms with Crippen LogP contribution in [0.2, 0.25) is 5.02 Å². The summed E-state index contributed by atoms with van der Waals surface area (Å²) in [5.41, 5.74) is 0.376. The lowest BCUT2D eigenvalue weighted by Crippen LogP contribution is -2.75. The third-order valence-corrected chi connectivity index (χ3v) is 6.81. The third kappa shape index (κ3) is 2.76. The molecular weight excluding hydrogens is 366 g/mol. The predicted molar refractivity (Wildman–Crippen MR) is 101 cm³/mol. The normalized spacial score (nSPS) is 34.0. The number of carboxylic acid groups (broad SMARTS) is 1. The first kappa shape index (κ1) is 18.1. The van der Waals surface area contributed by atoms with Crippen molar-refractivity contribution in [2.24, 2.45) is 11.8 Å². The highest BCUT2D eigenvalue weighted by Gasteiger charge is 2.63. The summed E-state index contributed by atoms with van der Waals surface area (Å²) in [5.74, 6) is -0.579. The standard InChI is InChI=1S/C20H22ClN3O3/c1-11-6-14-9-20(8-11,18(25)26)24(14)19(27)23-13-3-5-17(21)16(7-13)15-4-2-12(15)10-22/h3,5,7,11-12,14-15H,2,4,6,8-9H2,1H3,(H,23,27)(H,25,26). The maximum absolute atomic E-state index is 12.9. The van der Waals surface area contributed by atoms with Crippen molar-refractivity contribution in [3.8, 4) is 6.07 Å². The summed E-state index contributed by atoms with van der Waals surface area (Å²) in [7, 11) is 0. The van der Waals surface area contributed by atoms with Crippen molar-refractivity contribution in [1.82, 2.24) is 4.90 Å². The van der Waals surface area contributed by atoms with E-state index in [4.69, 9.17) is 11.6 Å². The molecule has 5 atom stereocenters. The Bertz CT molecular complexity index is 851. The monoisotopic (exact) mass is 387 g/mol. The Morgan fingerprint density at radius 1 is 1.37 bits per heavy atom. The largest absolute Gasteiger partial charge is 0.479 e. The summed E-state index contributed by atoms with van der Waals surface area (Å²) in [5, 5.41) is 22.4. The maximum atomic E-state index is 12.9. The molecule has 6 nitrogen and oxygen atoms in total. The van der Waals surface area contributed by atoms with Gasteiger partial charge in [0.1, 0.15) is 5.54 Å². The van der Waals surface area contributed by atoms with Gasteiger partial charge in [0.25, 0.3) is 0 Å². The number of carbonyl (C=O) groups is 2. The molecule has 2 amide bonds. The topological polar surface area (TPSA) is 93.4 Å². The van der Waals surface area contributed by atoms with Gasteiger partial charge in [-0.25, -0.2) is 9.59 Å². The second-order valence-corrected chi connectivity index (χ2v) is 8.60. The van der Waals surface area contributed by atoms with E-state index < -0.39 is 11.5 Å². The fourth-order valence-corrected chi connectivity index (χ4v) is 5.32. The highest BCUT2D eigenvalue weighted by Crippen LogP contribution is 2.50. The predicted octanol–water partition coefficient (Wildman–Crippen LogP) is 4.22. The molecule has 2 saturated heterocycles. The lowest BCUT2D eigenvalue weighted by molar-refractivity contribution is -0.173. The lowest BCUT2D eigenvalue weighted by Gasteiger charge is -2.60. The summed E-state index contributed by atoms with van der Waals surface area (Å²) in [6.07, 6.45) is 3.62. The van der Waals surface area contributed by atoms with Gasteiger partial charge in [-0.2, -0.15) is 5.26 Å². The van der Waals surface area contributed by atoms with Gasteiger partial charge in [-0.3, -0.25) is 0 Å². The van der Waals surface area contributed by atoms with E-state index in [-0.39, 0.29) is 23.9 Å². The first-order valence-electron chi connectivity index (χ1n) is 9.38. The van der Waals surface area contributed by atoms with E-state index in [1.54, 1.807) is 12.1 Å². The SMILES string of the molecule is CC1CC2CC(C(=O)O)(C1)N2C(=O)Nc1ccc(Cl)c(C2CCC2C#N)c1. The number of hydrogen-bond acceptors (Lipinski definition) is 3. The van der Waals surface area contributed by atoms with Crippen LogP contribution >= 0.6 is 11.6 Å². The van der Waals surface area contributed by atoms with Crippen molar-refractivity contribution in [3.05, 3.63) is 28.8 Å². The van der Waals surface area contributed by atoms with Crippen LogP contribution in [0.25, 0.3) is 0 Å². The van der Waals surface area contributed by atoms with Gasteiger partial charge in [-0.05, 0) is 55.4 Å². The Labute approximate surface area is 163 Å². The highest BCUT2D eigenvalue weighted by molar-refractivity contribution is 6.31. The Hall–Kier alpha value is -2.26. The van der Waals surface area contributed by atoms with Gasteiger partial charge < -0.3 is 15.3 Å². The minimum atomic E-state index is -1.08. The number of amides is 2. The van der Waals surface area contributed by atoms with Gasteiger partial charge in [0, 0.05) is 29.1 Å². The van der Waals surface area contributed by atoms with E-state index in [2.05, 4.69) is 11.4 Å². The van der Waals surface area contributed by atoms with E-state index in [1.807, 2.05) is 13.0 Å². The zero-order chi connectivity index (χ0) is 19.3. The van der Waals surface area contributed by atoms with Crippen LogP contribution < -0.4 is 5.32 Å². The number of nitriles is 1. The fourth-order valence-electron chi connectivity index (χ4n) is 5.07. The number of halogens is 1. The molecule has 2 bridgehead atoms. The molecule has 2 N–H and O–H groups in total. The average Bonchev–Trinajstić information content (AvgIpc) is 2.56. The quantitative estimate of drug-likeness (QED) is 0.812. The van der Waals surface area contributed by atoms with Gasteiger partial charge in [-0.15, -0.1) is 0 Å². The molecule has 27 heavy (non-hydrogen) atoms. The number of piperidine rings is 1. The Morgan fingerprint density at radius 3 is 2.78 bits per heavy atom. The molecule has 5 rings (SSSR count). The smallest absolute Gasteiger partial charge is 0.329 e. The number of aliphatic carboxylic acids is 1. The molecule has 0 aromatic heterocycles. The number of hydrogen-bond donors (Lipinski definition) is 2. The molecular formula is C20H22ClN3O3. The summed E-state index contributed by atoms with van der Waals surface area (Å²) in [6, 6.07) is 7.17. The van der Waals surface area contributed by atoms with Crippen LogP contribution in [0.1, 0.15) is 50.5 Å². The molecule has 142 valence electrons. The number of benzene rings is 1. The first-order chi connectivity index (χ1) is 12.9. The zero-order valence-corrected chi connectivity index (χ0v) is 15.9. The van der Waals surface area contributed by atoms with Crippen LogP contribution in [0.15, 0.2) is 18.2 Å². The molecule has 2 aliphatic heterocycles. The van der Waals surface area contributed by atoms with E-state index in [9.17, 15) is 20.0 Å². The number of carboxylic acids is 1. The third-order valence-electron chi connectivity index (χ3n) is 6.46. The van der Waals surface area contributed by atoms with Gasteiger partial charge >= 0.3 is 12.0 Å². The number of urea groups is 1. The summed E-state index contributed by atoms with van der Waals surface area (Å²) < 4.78 is 0. The number of anilines is 1. The molecule has 0 spiro atoms. The molecule has 2 saturated carbocycles. The fraction of sp³-hybridized carbons (Fsp3) is 0.550. The second kappa shape index (κ2) is 6.42. The van der Waals surface area contributed by atoms with Crippen LogP contribution in [0.5, 0.6) is 0 Å². The van der Waals surface area contributed by atoms with Crippen LogP contribution in [0, 0.1) is 23.2 Å². The molecule has 4 fully saturated rings. The van der Waals surface area contributed by atoms with E-state index in [0.29, 0.717) is 29.5 Å². The average molecular weight is 388 g/mol. The molecule has 4 aliphatic rings. The van der Waals surface area contributed by atoms with Crippen molar-refractivity contribution < 1.29 is 14.7 Å². The highest BCUT2D eigenvalue weighted by atomic mass is 35.5. The molecule has 1 aromatic carbocycles. The molecule has 7 heteroatoms. The van der Waals surface area contributed by atoms with Crippen LogP contribution in [0.3, 0.4) is 0 Å². The second-order valence-electron chi connectivity index (χ2n) is 8.20. The summed E-state index contributed by atoms with van der Waals surface area (Å²) in [4.78, 5) is 26.2. The number of rotatable bonds is 3. The maximum Gasteiger partial charge on any atom is 0.329 e. The Morgan fingerprint density at radius 2 is 2.15 bits per heavy atom.